The SMILES string of the molecule is COc1cccc(Nc2nnc(N)c(N)n2)c1. The Morgan fingerprint density at radius 1 is 1.18 bits per heavy atom. The van der Waals surface area contributed by atoms with E-state index in [1.807, 2.05) is 18.2 Å². The molecule has 17 heavy (non-hydrogen) atoms. The molecular formula is C10H12N6O. The molecule has 0 fully saturated rings. The summed E-state index contributed by atoms with van der Waals surface area (Å²) in [5.41, 5.74) is 11.7. The summed E-state index contributed by atoms with van der Waals surface area (Å²) >= 11 is 0. The van der Waals surface area contributed by atoms with Gasteiger partial charge in [0.25, 0.3) is 0 Å². The molecule has 0 aliphatic heterocycles. The maximum absolute atomic E-state index is 5.53. The molecule has 0 aliphatic rings. The van der Waals surface area contributed by atoms with Crippen LogP contribution in [0.25, 0.3) is 0 Å². The fraction of sp³-hybridized carbons (Fsp3) is 0.100. The van der Waals surface area contributed by atoms with Crippen LogP contribution in [0.5, 0.6) is 5.75 Å². The first-order valence-electron chi connectivity index (χ1n) is 4.86. The van der Waals surface area contributed by atoms with E-state index >= 15 is 0 Å². The molecule has 0 aliphatic carbocycles. The molecule has 7 heteroatoms. The summed E-state index contributed by atoms with van der Waals surface area (Å²) in [5, 5.41) is 10.4. The second-order valence-corrected chi connectivity index (χ2v) is 3.26. The van der Waals surface area contributed by atoms with Crippen LogP contribution in [0.2, 0.25) is 0 Å². The molecule has 0 bridgehead atoms. The van der Waals surface area contributed by atoms with E-state index in [4.69, 9.17) is 16.2 Å². The first kappa shape index (κ1) is 10.9. The number of methoxy groups -OCH3 is 1. The van der Waals surface area contributed by atoms with Crippen LogP contribution in [0.15, 0.2) is 24.3 Å². The second kappa shape index (κ2) is 4.52. The Morgan fingerprint density at radius 3 is 2.71 bits per heavy atom. The summed E-state index contributed by atoms with van der Waals surface area (Å²) in [4.78, 5) is 3.95. The van der Waals surface area contributed by atoms with Gasteiger partial charge in [0.2, 0.25) is 5.95 Å². The number of aromatic nitrogens is 3. The van der Waals surface area contributed by atoms with Gasteiger partial charge in [-0.3, -0.25) is 0 Å². The molecule has 0 saturated heterocycles. The van der Waals surface area contributed by atoms with Gasteiger partial charge in [-0.15, -0.1) is 10.2 Å². The highest BCUT2D eigenvalue weighted by Gasteiger charge is 2.03. The van der Waals surface area contributed by atoms with E-state index in [2.05, 4.69) is 20.5 Å². The topological polar surface area (TPSA) is 112 Å². The number of hydrogen-bond acceptors (Lipinski definition) is 7. The lowest BCUT2D eigenvalue weighted by molar-refractivity contribution is 0.415. The Balaban J connectivity index is 2.22. The van der Waals surface area contributed by atoms with Crippen molar-refractivity contribution >= 4 is 23.3 Å². The van der Waals surface area contributed by atoms with Crippen LogP contribution in [0.4, 0.5) is 23.3 Å². The highest BCUT2D eigenvalue weighted by molar-refractivity contribution is 5.59. The van der Waals surface area contributed by atoms with Crippen LogP contribution in [-0.2, 0) is 0 Å². The molecule has 5 N–H and O–H groups in total. The van der Waals surface area contributed by atoms with E-state index in [1.165, 1.54) is 0 Å². The third kappa shape index (κ3) is 2.51. The molecular weight excluding hydrogens is 220 g/mol. The zero-order valence-electron chi connectivity index (χ0n) is 9.21. The monoisotopic (exact) mass is 232 g/mol. The van der Waals surface area contributed by atoms with E-state index in [0.29, 0.717) is 0 Å². The molecule has 0 amide bonds. The largest absolute Gasteiger partial charge is 0.497 e. The van der Waals surface area contributed by atoms with Crippen molar-refractivity contribution in [3.63, 3.8) is 0 Å². The van der Waals surface area contributed by atoms with Gasteiger partial charge in [0.05, 0.1) is 7.11 Å². The normalized spacial score (nSPS) is 9.94. The van der Waals surface area contributed by atoms with Crippen molar-refractivity contribution < 1.29 is 4.74 Å². The molecule has 0 unspecified atom stereocenters. The molecule has 2 aromatic rings. The van der Waals surface area contributed by atoms with Crippen LogP contribution in [0, 0.1) is 0 Å². The number of anilines is 4. The summed E-state index contributed by atoms with van der Waals surface area (Å²) in [6, 6.07) is 7.32. The average molecular weight is 232 g/mol. The Hall–Kier alpha value is -2.57. The predicted molar refractivity (Wildman–Crippen MR) is 64.9 cm³/mol. The van der Waals surface area contributed by atoms with E-state index in [-0.39, 0.29) is 17.6 Å². The third-order valence-electron chi connectivity index (χ3n) is 2.07. The fourth-order valence-electron chi connectivity index (χ4n) is 1.23. The van der Waals surface area contributed by atoms with Crippen LogP contribution in [-0.4, -0.2) is 22.3 Å². The number of nitrogen functional groups attached to an aromatic ring is 2. The number of nitrogens with one attached hydrogen (secondary N) is 1. The lowest BCUT2D eigenvalue weighted by atomic mass is 10.3. The fourth-order valence-corrected chi connectivity index (χ4v) is 1.23. The van der Waals surface area contributed by atoms with E-state index < -0.39 is 0 Å². The molecule has 1 aromatic carbocycles. The maximum atomic E-state index is 5.53. The molecule has 0 saturated carbocycles. The van der Waals surface area contributed by atoms with Crippen LogP contribution in [0.3, 0.4) is 0 Å². The molecule has 1 heterocycles. The molecule has 2 rings (SSSR count). The van der Waals surface area contributed by atoms with Gasteiger partial charge in [0, 0.05) is 11.8 Å². The summed E-state index contributed by atoms with van der Waals surface area (Å²) in [7, 11) is 1.60. The summed E-state index contributed by atoms with van der Waals surface area (Å²) in [6.07, 6.45) is 0. The van der Waals surface area contributed by atoms with Crippen molar-refractivity contribution in [2.45, 2.75) is 0 Å². The lowest BCUT2D eigenvalue weighted by Gasteiger charge is -2.06. The van der Waals surface area contributed by atoms with Gasteiger partial charge in [-0.1, -0.05) is 6.07 Å². The molecule has 0 atom stereocenters. The Morgan fingerprint density at radius 2 is 2.00 bits per heavy atom. The van der Waals surface area contributed by atoms with Crippen molar-refractivity contribution in [1.82, 2.24) is 15.2 Å². The minimum absolute atomic E-state index is 0.112. The van der Waals surface area contributed by atoms with Gasteiger partial charge in [-0.25, -0.2) is 0 Å². The van der Waals surface area contributed by atoms with E-state index in [1.54, 1.807) is 13.2 Å². The molecule has 0 spiro atoms. The Labute approximate surface area is 97.8 Å². The van der Waals surface area contributed by atoms with Gasteiger partial charge in [-0.05, 0) is 12.1 Å². The van der Waals surface area contributed by atoms with Gasteiger partial charge in [-0.2, -0.15) is 4.98 Å². The number of rotatable bonds is 3. The Bertz CT molecular complexity index is 530. The molecule has 7 nitrogen and oxygen atoms in total. The highest BCUT2D eigenvalue weighted by Crippen LogP contribution is 2.19. The zero-order valence-corrected chi connectivity index (χ0v) is 9.21. The van der Waals surface area contributed by atoms with Crippen molar-refractivity contribution in [3.8, 4) is 5.75 Å². The van der Waals surface area contributed by atoms with Gasteiger partial charge in [0.15, 0.2) is 11.6 Å². The quantitative estimate of drug-likeness (QED) is 0.717. The number of nitrogens with two attached hydrogens (primary N) is 2. The maximum Gasteiger partial charge on any atom is 0.249 e. The summed E-state index contributed by atoms with van der Waals surface area (Å²) < 4.78 is 5.09. The second-order valence-electron chi connectivity index (χ2n) is 3.26. The van der Waals surface area contributed by atoms with Gasteiger partial charge < -0.3 is 21.5 Å². The zero-order chi connectivity index (χ0) is 12.3. The van der Waals surface area contributed by atoms with E-state index in [0.717, 1.165) is 11.4 Å². The van der Waals surface area contributed by atoms with Crippen molar-refractivity contribution in [3.05, 3.63) is 24.3 Å². The molecule has 0 radical (unpaired) electrons. The average Bonchev–Trinajstić information content (AvgIpc) is 2.34. The van der Waals surface area contributed by atoms with Crippen molar-refractivity contribution in [2.75, 3.05) is 23.9 Å². The standard InChI is InChI=1S/C10H12N6O/c1-17-7-4-2-3-6(5-7)13-10-14-8(11)9(12)15-16-10/h2-5H,1H3,(H2,12,15)(H3,11,13,14,16). The smallest absolute Gasteiger partial charge is 0.249 e. The number of ether oxygens (including phenoxy) is 1. The van der Waals surface area contributed by atoms with Crippen LogP contribution >= 0.6 is 0 Å². The van der Waals surface area contributed by atoms with Crippen LogP contribution in [0.1, 0.15) is 0 Å². The van der Waals surface area contributed by atoms with E-state index in [9.17, 15) is 0 Å². The van der Waals surface area contributed by atoms with Gasteiger partial charge in [0.1, 0.15) is 5.75 Å². The first-order chi connectivity index (χ1) is 8.19. The number of hydrogen-bond donors (Lipinski definition) is 3. The van der Waals surface area contributed by atoms with Gasteiger partial charge >= 0.3 is 0 Å². The Kier molecular flexibility index (Phi) is 2.91. The van der Waals surface area contributed by atoms with Crippen LogP contribution < -0.4 is 21.5 Å². The van der Waals surface area contributed by atoms with Crippen molar-refractivity contribution in [1.29, 1.82) is 0 Å². The summed E-state index contributed by atoms with van der Waals surface area (Å²) in [6.45, 7) is 0. The molecule has 88 valence electrons. The number of nitrogens with zero attached hydrogens (tertiary/aromatic N) is 3. The third-order valence-corrected chi connectivity index (χ3v) is 2.07. The minimum atomic E-state index is 0.112. The summed E-state index contributed by atoms with van der Waals surface area (Å²) in [5.74, 6) is 1.27. The highest BCUT2D eigenvalue weighted by atomic mass is 16.5. The van der Waals surface area contributed by atoms with Crippen molar-refractivity contribution in [2.24, 2.45) is 0 Å². The minimum Gasteiger partial charge on any atom is -0.497 e. The molecule has 1 aromatic heterocycles. The first-order valence-corrected chi connectivity index (χ1v) is 4.86. The predicted octanol–water partition coefficient (Wildman–Crippen LogP) is 0.788. The lowest BCUT2D eigenvalue weighted by Crippen LogP contribution is -2.06. The number of benzene rings is 1.